The Balaban J connectivity index is 0. The molecule has 0 aliphatic rings. The van der Waals surface area contributed by atoms with Crippen LogP contribution < -0.4 is 0 Å². The van der Waals surface area contributed by atoms with Crippen molar-refractivity contribution in [3.63, 3.8) is 0 Å². The fourth-order valence-electron chi connectivity index (χ4n) is 0. The van der Waals surface area contributed by atoms with Gasteiger partial charge in [0, 0.05) is 6.92 Å². The Labute approximate surface area is 54.3 Å². The molecule has 0 aliphatic carbocycles. The van der Waals surface area contributed by atoms with Gasteiger partial charge in [0.2, 0.25) is 0 Å². The molecule has 0 aromatic carbocycles. The van der Waals surface area contributed by atoms with Crippen LogP contribution in [0.25, 0.3) is 0 Å². The van der Waals surface area contributed by atoms with Crippen molar-refractivity contribution in [1.82, 2.24) is 0 Å². The SMILES string of the molecule is CC(=O)O.[OH][Pb][OH]. The number of hydrogen-bond acceptors (Lipinski definition) is 3. The molecule has 0 rings (SSSR count). The fourth-order valence-corrected chi connectivity index (χ4v) is 0. The second-order valence-electron chi connectivity index (χ2n) is 0.619. The van der Waals surface area contributed by atoms with Gasteiger partial charge in [0.15, 0.2) is 0 Å². The van der Waals surface area contributed by atoms with Crippen molar-refractivity contribution >= 4 is 31.1 Å². The summed E-state index contributed by atoms with van der Waals surface area (Å²) in [6.07, 6.45) is 0. The minimum absolute atomic E-state index is 0.833. The van der Waals surface area contributed by atoms with Gasteiger partial charge in [-0.3, -0.25) is 4.79 Å². The van der Waals surface area contributed by atoms with Crippen molar-refractivity contribution < 1.29 is 16.0 Å². The summed E-state index contributed by atoms with van der Waals surface area (Å²) in [6.45, 7) is 1.08. The summed E-state index contributed by atoms with van der Waals surface area (Å²) in [5.41, 5.74) is 0. The number of carboxylic acid groups (broad SMARTS) is 1. The number of rotatable bonds is 0. The van der Waals surface area contributed by atoms with Gasteiger partial charge in [0.1, 0.15) is 0 Å². The van der Waals surface area contributed by atoms with Gasteiger partial charge in [0.25, 0.3) is 5.97 Å². The zero-order valence-electron chi connectivity index (χ0n) is 3.75. The van der Waals surface area contributed by atoms with Crippen LogP contribution in [0.4, 0.5) is 0 Å². The molecule has 0 atom stereocenters. The van der Waals surface area contributed by atoms with Crippen molar-refractivity contribution in [2.45, 2.75) is 6.92 Å². The minimum atomic E-state index is -1.92. The molecular formula is C2H6O4Pb. The van der Waals surface area contributed by atoms with Crippen LogP contribution in [0.2, 0.25) is 0 Å². The van der Waals surface area contributed by atoms with Crippen LogP contribution in [0.5, 0.6) is 0 Å². The van der Waals surface area contributed by atoms with E-state index < -0.39 is 31.1 Å². The van der Waals surface area contributed by atoms with E-state index in [1.165, 1.54) is 0 Å². The molecule has 5 heteroatoms. The van der Waals surface area contributed by atoms with Crippen molar-refractivity contribution in [2.24, 2.45) is 0 Å². The molecule has 0 aromatic heterocycles. The molecule has 0 bridgehead atoms. The first-order valence-corrected chi connectivity index (χ1v) is 4.85. The number of carboxylic acids is 1. The van der Waals surface area contributed by atoms with E-state index in [0.29, 0.717) is 0 Å². The zero-order valence-corrected chi connectivity index (χ0v) is 7.64. The van der Waals surface area contributed by atoms with E-state index in [2.05, 4.69) is 0 Å². The normalized spacial score (nSPS) is 6.14. The third kappa shape index (κ3) is 1210. The third-order valence-electron chi connectivity index (χ3n) is 0. The standard InChI is InChI=1S/C2H4O2.2H2O.Pb/c1-2(3)4;;;/h1H3,(H,3,4);2*1H2;/q;;;+2/p-2. The maximum absolute atomic E-state index is 9.00. The molecule has 42 valence electrons. The molecule has 0 unspecified atom stereocenters. The van der Waals surface area contributed by atoms with E-state index in [4.69, 9.17) is 16.0 Å². The first-order valence-electron chi connectivity index (χ1n) is 1.37. The van der Waals surface area contributed by atoms with Gasteiger partial charge in [-0.2, -0.15) is 0 Å². The Kier molecular flexibility index (Phi) is 14.1. The molecular weight excluding hydrogens is 295 g/mol. The summed E-state index contributed by atoms with van der Waals surface area (Å²) in [4.78, 5) is 9.00. The monoisotopic (exact) mass is 302 g/mol. The third-order valence-corrected chi connectivity index (χ3v) is 0. The predicted molar refractivity (Wildman–Crippen MR) is 23.5 cm³/mol. The molecule has 0 saturated heterocycles. The van der Waals surface area contributed by atoms with E-state index in [1.807, 2.05) is 0 Å². The van der Waals surface area contributed by atoms with Crippen LogP contribution >= 0.6 is 0 Å². The van der Waals surface area contributed by atoms with E-state index in [-0.39, 0.29) is 0 Å². The molecule has 0 saturated carbocycles. The quantitative estimate of drug-likeness (QED) is 0.481. The number of hydrogen-bond donors (Lipinski definition) is 3. The average molecular weight is 301 g/mol. The molecule has 3 N–H and O–H groups in total. The Morgan fingerprint density at radius 3 is 1.57 bits per heavy atom. The van der Waals surface area contributed by atoms with Gasteiger partial charge in [-0.15, -0.1) is 0 Å². The average Bonchev–Trinajstić information content (AvgIpc) is 1.33. The van der Waals surface area contributed by atoms with E-state index >= 15 is 0 Å². The zero-order chi connectivity index (χ0) is 6.28. The maximum atomic E-state index is 9.00. The molecule has 7 heavy (non-hydrogen) atoms. The van der Waals surface area contributed by atoms with Crippen molar-refractivity contribution in [2.75, 3.05) is 0 Å². The molecule has 0 aliphatic heterocycles. The van der Waals surface area contributed by atoms with Crippen LogP contribution in [0.15, 0.2) is 0 Å². The molecule has 0 fully saturated rings. The Morgan fingerprint density at radius 1 is 1.57 bits per heavy atom. The topological polar surface area (TPSA) is 77.8 Å². The molecule has 2 radical (unpaired) electrons. The molecule has 0 amide bonds. The number of carbonyl (C=O) groups is 1. The molecule has 0 heterocycles. The summed E-state index contributed by atoms with van der Waals surface area (Å²) < 4.78 is 14.6. The van der Waals surface area contributed by atoms with Crippen LogP contribution in [-0.4, -0.2) is 42.3 Å². The summed E-state index contributed by atoms with van der Waals surface area (Å²) in [7, 11) is 0. The van der Waals surface area contributed by atoms with E-state index in [1.54, 1.807) is 0 Å². The molecule has 0 aromatic rings. The molecule has 0 spiro atoms. The van der Waals surface area contributed by atoms with Gasteiger partial charge in [-0.05, 0) is 0 Å². The summed E-state index contributed by atoms with van der Waals surface area (Å²) in [5.74, 6) is -0.833. The number of aliphatic carboxylic acids is 1. The summed E-state index contributed by atoms with van der Waals surface area (Å²) in [6, 6.07) is 0. The first-order chi connectivity index (χ1) is 3.15. The summed E-state index contributed by atoms with van der Waals surface area (Å²) >= 11 is -1.92. The Bertz CT molecular complexity index is 41.0. The van der Waals surface area contributed by atoms with Crippen LogP contribution in [-0.2, 0) is 4.79 Å². The van der Waals surface area contributed by atoms with Crippen molar-refractivity contribution in [1.29, 1.82) is 0 Å². The van der Waals surface area contributed by atoms with E-state index in [9.17, 15) is 0 Å². The first kappa shape index (κ1) is 10.3. The van der Waals surface area contributed by atoms with Crippen LogP contribution in [0.1, 0.15) is 6.92 Å². The second-order valence-corrected chi connectivity index (χ2v) is 1.40. The fraction of sp³-hybridized carbons (Fsp3) is 0.500. The Hall–Kier alpha value is 0.312. The van der Waals surface area contributed by atoms with Gasteiger partial charge < -0.3 is 5.11 Å². The van der Waals surface area contributed by atoms with Crippen molar-refractivity contribution in [3.8, 4) is 0 Å². The van der Waals surface area contributed by atoms with E-state index in [0.717, 1.165) is 6.92 Å². The van der Waals surface area contributed by atoms with Gasteiger partial charge in [-0.1, -0.05) is 0 Å². The van der Waals surface area contributed by atoms with Crippen molar-refractivity contribution in [3.05, 3.63) is 0 Å². The summed E-state index contributed by atoms with van der Waals surface area (Å²) in [5, 5.41) is 7.42. The van der Waals surface area contributed by atoms with Crippen LogP contribution in [0, 0.1) is 0 Å². The Morgan fingerprint density at radius 2 is 1.57 bits per heavy atom. The molecule has 4 nitrogen and oxygen atoms in total. The van der Waals surface area contributed by atoms with Gasteiger partial charge >= 0.3 is 31.3 Å². The predicted octanol–water partition coefficient (Wildman–Crippen LogP) is -1.40. The van der Waals surface area contributed by atoms with Crippen LogP contribution in [0.3, 0.4) is 0 Å². The van der Waals surface area contributed by atoms with Gasteiger partial charge in [0.05, 0.1) is 0 Å². The second kappa shape index (κ2) is 9.58. The van der Waals surface area contributed by atoms with Gasteiger partial charge in [-0.25, -0.2) is 0 Å².